The summed E-state index contributed by atoms with van der Waals surface area (Å²) >= 11 is 0. The molecule has 0 amide bonds. The van der Waals surface area contributed by atoms with Gasteiger partial charge in [0.25, 0.3) is 0 Å². The highest BCUT2D eigenvalue weighted by molar-refractivity contribution is 5.36. The fourth-order valence-electron chi connectivity index (χ4n) is 0.551. The van der Waals surface area contributed by atoms with Crippen LogP contribution in [0.5, 0.6) is 5.75 Å². The normalized spacial score (nSPS) is 8.40. The van der Waals surface area contributed by atoms with E-state index in [1.54, 1.807) is 24.3 Å². The van der Waals surface area contributed by atoms with Crippen molar-refractivity contribution in [2.24, 2.45) is 0 Å². The molecule has 0 atom stereocenters. The van der Waals surface area contributed by atoms with Crippen LogP contribution in [-0.4, -0.2) is 6.47 Å². The van der Waals surface area contributed by atoms with Crippen molar-refractivity contribution >= 4 is 6.47 Å². The van der Waals surface area contributed by atoms with Gasteiger partial charge in [0, 0.05) is 0 Å². The van der Waals surface area contributed by atoms with Gasteiger partial charge in [0.1, 0.15) is 0 Å². The zero-order valence-corrected chi connectivity index (χ0v) is 5.19. The minimum absolute atomic E-state index is 0.229. The van der Waals surface area contributed by atoms with Crippen LogP contribution < -0.4 is 4.89 Å². The molecule has 0 unspecified atom stereocenters. The molecule has 52 valence electrons. The van der Waals surface area contributed by atoms with Gasteiger partial charge in [-0.15, -0.1) is 0 Å². The molecule has 3 heteroatoms. The molecule has 0 aliphatic heterocycles. The van der Waals surface area contributed by atoms with Gasteiger partial charge in [-0.1, -0.05) is 18.2 Å². The Morgan fingerprint density at radius 3 is 2.50 bits per heavy atom. The second-order valence-electron chi connectivity index (χ2n) is 1.59. The summed E-state index contributed by atoms with van der Waals surface area (Å²) in [5.74, 6) is 0.509. The summed E-state index contributed by atoms with van der Waals surface area (Å²) in [6.45, 7) is 0.229. The standard InChI is InChI=1S/C7H6O3/c8-6-9-10-7-4-2-1-3-5-7/h1-6H. The molecule has 0 aliphatic carbocycles. The lowest BCUT2D eigenvalue weighted by atomic mass is 10.3. The van der Waals surface area contributed by atoms with Crippen LogP contribution in [0, 0.1) is 0 Å². The van der Waals surface area contributed by atoms with E-state index in [-0.39, 0.29) is 6.47 Å². The van der Waals surface area contributed by atoms with Gasteiger partial charge in [-0.3, -0.25) is 14.6 Å². The Morgan fingerprint density at radius 2 is 1.90 bits per heavy atom. The van der Waals surface area contributed by atoms with Crippen molar-refractivity contribution in [1.82, 2.24) is 0 Å². The summed E-state index contributed by atoms with van der Waals surface area (Å²) in [5, 5.41) is 0. The van der Waals surface area contributed by atoms with Crippen molar-refractivity contribution in [3.63, 3.8) is 0 Å². The molecule has 0 bridgehead atoms. The topological polar surface area (TPSA) is 35.5 Å². The molecule has 0 fully saturated rings. The van der Waals surface area contributed by atoms with Crippen LogP contribution in [0.2, 0.25) is 0 Å². The Morgan fingerprint density at radius 1 is 1.20 bits per heavy atom. The van der Waals surface area contributed by atoms with E-state index in [4.69, 9.17) is 0 Å². The number of hydrogen-bond acceptors (Lipinski definition) is 3. The van der Waals surface area contributed by atoms with Crippen LogP contribution in [0.3, 0.4) is 0 Å². The first-order valence-electron chi connectivity index (χ1n) is 2.75. The number of benzene rings is 1. The maximum Gasteiger partial charge on any atom is 0.343 e. The minimum atomic E-state index is 0.229. The highest BCUT2D eigenvalue weighted by atomic mass is 17.2. The smallest absolute Gasteiger partial charge is 0.287 e. The number of para-hydroxylation sites is 1. The largest absolute Gasteiger partial charge is 0.343 e. The van der Waals surface area contributed by atoms with Crippen LogP contribution in [0.4, 0.5) is 0 Å². The van der Waals surface area contributed by atoms with Crippen LogP contribution in [0.25, 0.3) is 0 Å². The lowest BCUT2D eigenvalue weighted by Gasteiger charge is -1.96. The quantitative estimate of drug-likeness (QED) is 0.357. The number of hydrogen-bond donors (Lipinski definition) is 0. The maximum atomic E-state index is 9.63. The van der Waals surface area contributed by atoms with Crippen molar-refractivity contribution in [3.8, 4) is 5.75 Å². The second kappa shape index (κ2) is 3.50. The Bertz CT molecular complexity index is 195. The van der Waals surface area contributed by atoms with Crippen molar-refractivity contribution in [2.75, 3.05) is 0 Å². The summed E-state index contributed by atoms with van der Waals surface area (Å²) in [7, 11) is 0. The predicted octanol–water partition coefficient (Wildman–Crippen LogP) is 1.15. The lowest BCUT2D eigenvalue weighted by molar-refractivity contribution is -0.196. The average molecular weight is 138 g/mol. The fraction of sp³-hybridized carbons (Fsp3) is 0. The van der Waals surface area contributed by atoms with E-state index in [9.17, 15) is 4.79 Å². The van der Waals surface area contributed by atoms with Gasteiger partial charge in [0.2, 0.25) is 0 Å². The molecule has 0 saturated carbocycles. The van der Waals surface area contributed by atoms with Crippen LogP contribution >= 0.6 is 0 Å². The molecule has 0 spiro atoms. The molecule has 10 heavy (non-hydrogen) atoms. The molecule has 0 N–H and O–H groups in total. The highest BCUT2D eigenvalue weighted by Gasteiger charge is 1.88. The van der Waals surface area contributed by atoms with Crippen molar-refractivity contribution in [1.29, 1.82) is 0 Å². The average Bonchev–Trinajstić information content (AvgIpc) is 2.03. The molecule has 0 heterocycles. The molecule has 0 aliphatic rings. The summed E-state index contributed by atoms with van der Waals surface area (Å²) in [5.41, 5.74) is 0. The van der Waals surface area contributed by atoms with E-state index in [0.717, 1.165) is 0 Å². The summed E-state index contributed by atoms with van der Waals surface area (Å²) < 4.78 is 0. The molecule has 1 aromatic rings. The third-order valence-electron chi connectivity index (χ3n) is 0.927. The van der Waals surface area contributed by atoms with Gasteiger partial charge in [0.15, 0.2) is 5.75 Å². The van der Waals surface area contributed by atoms with Gasteiger partial charge in [0.05, 0.1) is 0 Å². The predicted molar refractivity (Wildman–Crippen MR) is 34.2 cm³/mol. The van der Waals surface area contributed by atoms with Gasteiger partial charge >= 0.3 is 6.47 Å². The minimum Gasteiger partial charge on any atom is -0.287 e. The Labute approximate surface area is 58.1 Å². The van der Waals surface area contributed by atoms with E-state index in [0.29, 0.717) is 5.75 Å². The molecule has 1 aromatic carbocycles. The van der Waals surface area contributed by atoms with Gasteiger partial charge in [-0.05, 0) is 12.1 Å². The Kier molecular flexibility index (Phi) is 2.31. The van der Waals surface area contributed by atoms with Gasteiger partial charge in [-0.2, -0.15) is 0 Å². The molecular weight excluding hydrogens is 132 g/mol. The third-order valence-corrected chi connectivity index (χ3v) is 0.927. The molecule has 3 nitrogen and oxygen atoms in total. The molecule has 1 rings (SSSR count). The second-order valence-corrected chi connectivity index (χ2v) is 1.59. The third kappa shape index (κ3) is 1.78. The Hall–Kier alpha value is -1.51. The molecule has 0 saturated heterocycles. The fourth-order valence-corrected chi connectivity index (χ4v) is 0.551. The van der Waals surface area contributed by atoms with E-state index in [1.165, 1.54) is 0 Å². The maximum absolute atomic E-state index is 9.63. The molecule has 0 radical (unpaired) electrons. The summed E-state index contributed by atoms with van der Waals surface area (Å²) in [6.07, 6.45) is 0. The van der Waals surface area contributed by atoms with E-state index < -0.39 is 0 Å². The van der Waals surface area contributed by atoms with E-state index in [1.807, 2.05) is 6.07 Å². The SMILES string of the molecule is O=COOc1ccccc1. The number of carbonyl (C=O) groups is 1. The van der Waals surface area contributed by atoms with Crippen LogP contribution in [0.1, 0.15) is 0 Å². The van der Waals surface area contributed by atoms with E-state index >= 15 is 0 Å². The van der Waals surface area contributed by atoms with Crippen LogP contribution in [-0.2, 0) is 9.68 Å². The zero-order valence-electron chi connectivity index (χ0n) is 5.19. The Balaban J connectivity index is 2.50. The van der Waals surface area contributed by atoms with E-state index in [2.05, 4.69) is 9.78 Å². The highest BCUT2D eigenvalue weighted by Crippen LogP contribution is 2.07. The van der Waals surface area contributed by atoms with Crippen molar-refractivity contribution in [2.45, 2.75) is 0 Å². The van der Waals surface area contributed by atoms with Crippen molar-refractivity contribution in [3.05, 3.63) is 30.3 Å². The number of rotatable bonds is 3. The van der Waals surface area contributed by atoms with Gasteiger partial charge < -0.3 is 0 Å². The first kappa shape index (κ1) is 6.61. The number of carbonyl (C=O) groups excluding carboxylic acids is 1. The van der Waals surface area contributed by atoms with Crippen molar-refractivity contribution < 1.29 is 14.6 Å². The first-order valence-corrected chi connectivity index (χ1v) is 2.75. The van der Waals surface area contributed by atoms with Gasteiger partial charge in [-0.25, -0.2) is 0 Å². The first-order chi connectivity index (χ1) is 4.93. The molecule has 0 aromatic heterocycles. The lowest BCUT2D eigenvalue weighted by Crippen LogP contribution is -1.92. The molecular formula is C7H6O3. The monoisotopic (exact) mass is 138 g/mol. The summed E-state index contributed by atoms with van der Waals surface area (Å²) in [6, 6.07) is 8.77. The zero-order chi connectivity index (χ0) is 7.23. The summed E-state index contributed by atoms with van der Waals surface area (Å²) in [4.78, 5) is 18.2. The van der Waals surface area contributed by atoms with Crippen LogP contribution in [0.15, 0.2) is 30.3 Å².